The topological polar surface area (TPSA) is 74.2 Å². The number of carbonyl (C=O) groups is 1. The van der Waals surface area contributed by atoms with E-state index < -0.39 is 11.7 Å². The molecular weight excluding hydrogens is 348 g/mol. The van der Waals surface area contributed by atoms with Crippen molar-refractivity contribution in [1.29, 1.82) is 0 Å². The summed E-state index contributed by atoms with van der Waals surface area (Å²) in [4.78, 5) is 12.9. The smallest absolute Gasteiger partial charge is 0.231 e. The molecule has 140 valence electrons. The number of benzene rings is 2. The molecule has 0 spiro atoms. The van der Waals surface area contributed by atoms with E-state index in [1.165, 1.54) is 0 Å². The minimum absolute atomic E-state index is 0.0212. The van der Waals surface area contributed by atoms with Gasteiger partial charge in [0.2, 0.25) is 12.6 Å². The number of aliphatic hydroxyl groups is 1. The number of ether oxygens (including phenoxy) is 4. The summed E-state index contributed by atoms with van der Waals surface area (Å²) >= 11 is 0. The molecule has 3 aliphatic rings. The number of rotatable bonds is 2. The van der Waals surface area contributed by atoms with Gasteiger partial charge in [-0.15, -0.1) is 0 Å². The van der Waals surface area contributed by atoms with Gasteiger partial charge >= 0.3 is 0 Å². The summed E-state index contributed by atoms with van der Waals surface area (Å²) in [6.45, 7) is 0.151. The Balaban J connectivity index is 1.70. The van der Waals surface area contributed by atoms with E-state index in [0.29, 0.717) is 36.5 Å². The Bertz CT molecular complexity index is 906. The molecule has 1 saturated carbocycles. The van der Waals surface area contributed by atoms with Gasteiger partial charge < -0.3 is 24.1 Å². The predicted octanol–water partition coefficient (Wildman–Crippen LogP) is 3.01. The van der Waals surface area contributed by atoms with Crippen LogP contribution in [0.1, 0.15) is 36.3 Å². The van der Waals surface area contributed by atoms with E-state index in [-0.39, 0.29) is 18.5 Å². The molecule has 1 fully saturated rings. The molecule has 0 saturated heterocycles. The quantitative estimate of drug-likeness (QED) is 0.878. The summed E-state index contributed by atoms with van der Waals surface area (Å²) in [6, 6.07) is 11.2. The SMILES string of the molecule is COc1ccc([C@@H]2c3cc4c(cc3O[C@]3(O)CCCC(=O)[C@H]23)OCO4)cc1. The summed E-state index contributed by atoms with van der Waals surface area (Å²) < 4.78 is 22.2. The highest BCUT2D eigenvalue weighted by molar-refractivity contribution is 5.85. The predicted molar refractivity (Wildman–Crippen MR) is 95.3 cm³/mol. The monoisotopic (exact) mass is 368 g/mol. The molecule has 2 heterocycles. The molecule has 0 amide bonds. The molecule has 5 rings (SSSR count). The largest absolute Gasteiger partial charge is 0.497 e. The number of carbonyl (C=O) groups excluding carboxylic acids is 1. The van der Waals surface area contributed by atoms with Gasteiger partial charge in [0.15, 0.2) is 11.5 Å². The van der Waals surface area contributed by atoms with Crippen LogP contribution in [0.3, 0.4) is 0 Å². The Morgan fingerprint density at radius 1 is 1.11 bits per heavy atom. The second-order valence-corrected chi connectivity index (χ2v) is 7.24. The molecular formula is C21H20O6. The molecule has 2 aliphatic heterocycles. The van der Waals surface area contributed by atoms with Crippen LogP contribution in [-0.2, 0) is 4.79 Å². The van der Waals surface area contributed by atoms with Crippen LogP contribution in [0.25, 0.3) is 0 Å². The number of methoxy groups -OCH3 is 1. The third-order valence-corrected chi connectivity index (χ3v) is 5.73. The Kier molecular flexibility index (Phi) is 3.59. The first-order chi connectivity index (χ1) is 13.1. The fourth-order valence-corrected chi connectivity index (χ4v) is 4.46. The van der Waals surface area contributed by atoms with Crippen LogP contribution in [0.15, 0.2) is 36.4 Å². The van der Waals surface area contributed by atoms with Crippen LogP contribution in [0.5, 0.6) is 23.0 Å². The zero-order chi connectivity index (χ0) is 18.6. The average molecular weight is 368 g/mol. The summed E-state index contributed by atoms with van der Waals surface area (Å²) in [6.07, 6.45) is 1.48. The number of fused-ring (bicyclic) bond motifs is 3. The van der Waals surface area contributed by atoms with Gasteiger partial charge in [-0.05, 0) is 30.2 Å². The number of hydrogen-bond donors (Lipinski definition) is 1. The number of ketones is 1. The fraction of sp³-hybridized carbons (Fsp3) is 0.381. The highest BCUT2D eigenvalue weighted by Gasteiger charge is 2.55. The van der Waals surface area contributed by atoms with Crippen molar-refractivity contribution in [3.05, 3.63) is 47.5 Å². The molecule has 1 N–H and O–H groups in total. The molecule has 6 heteroatoms. The van der Waals surface area contributed by atoms with Crippen molar-refractivity contribution >= 4 is 5.78 Å². The van der Waals surface area contributed by atoms with Crippen molar-refractivity contribution in [2.45, 2.75) is 31.0 Å². The third kappa shape index (κ3) is 2.47. The van der Waals surface area contributed by atoms with Crippen LogP contribution in [0.2, 0.25) is 0 Å². The lowest BCUT2D eigenvalue weighted by Gasteiger charge is -2.47. The van der Waals surface area contributed by atoms with Gasteiger partial charge in [0.25, 0.3) is 0 Å². The normalized spacial score (nSPS) is 28.1. The average Bonchev–Trinajstić information content (AvgIpc) is 3.12. The van der Waals surface area contributed by atoms with E-state index in [9.17, 15) is 9.90 Å². The molecule has 6 nitrogen and oxygen atoms in total. The van der Waals surface area contributed by atoms with Crippen LogP contribution < -0.4 is 18.9 Å². The molecule has 0 bridgehead atoms. The highest BCUT2D eigenvalue weighted by atomic mass is 16.7. The van der Waals surface area contributed by atoms with Crippen LogP contribution in [-0.4, -0.2) is 30.6 Å². The second kappa shape index (κ2) is 5.89. The maximum atomic E-state index is 12.9. The second-order valence-electron chi connectivity index (χ2n) is 7.24. The zero-order valence-electron chi connectivity index (χ0n) is 14.9. The Morgan fingerprint density at radius 3 is 2.59 bits per heavy atom. The fourth-order valence-electron chi connectivity index (χ4n) is 4.46. The summed E-state index contributed by atoms with van der Waals surface area (Å²) in [5.74, 6) is 0.0134. The third-order valence-electron chi connectivity index (χ3n) is 5.73. The van der Waals surface area contributed by atoms with Gasteiger partial charge in [-0.1, -0.05) is 12.1 Å². The molecule has 0 unspecified atom stereocenters. The highest BCUT2D eigenvalue weighted by Crippen LogP contribution is 2.54. The van der Waals surface area contributed by atoms with Crippen molar-refractivity contribution in [2.24, 2.45) is 5.92 Å². The lowest BCUT2D eigenvalue weighted by Crippen LogP contribution is -2.55. The van der Waals surface area contributed by atoms with Crippen molar-refractivity contribution in [1.82, 2.24) is 0 Å². The van der Waals surface area contributed by atoms with Gasteiger partial charge in [0.1, 0.15) is 17.3 Å². The molecule has 2 aromatic carbocycles. The summed E-state index contributed by atoms with van der Waals surface area (Å²) in [5.41, 5.74) is 1.76. The van der Waals surface area contributed by atoms with E-state index in [0.717, 1.165) is 16.9 Å². The van der Waals surface area contributed by atoms with E-state index in [1.54, 1.807) is 13.2 Å². The van der Waals surface area contributed by atoms with E-state index >= 15 is 0 Å². The summed E-state index contributed by atoms with van der Waals surface area (Å²) in [7, 11) is 1.61. The van der Waals surface area contributed by atoms with Gasteiger partial charge in [0, 0.05) is 30.4 Å². The number of Topliss-reactive ketones (excluding diaryl/α,β-unsaturated/α-hetero) is 1. The van der Waals surface area contributed by atoms with Gasteiger partial charge in [0.05, 0.1) is 13.0 Å². The van der Waals surface area contributed by atoms with Crippen molar-refractivity contribution in [2.75, 3.05) is 13.9 Å². The lowest BCUT2D eigenvalue weighted by atomic mass is 9.67. The Morgan fingerprint density at radius 2 is 1.85 bits per heavy atom. The summed E-state index contributed by atoms with van der Waals surface area (Å²) in [5, 5.41) is 11.2. The minimum Gasteiger partial charge on any atom is -0.497 e. The Hall–Kier alpha value is -2.73. The van der Waals surface area contributed by atoms with E-state index in [2.05, 4.69) is 0 Å². The standard InChI is InChI=1S/C21H20O6/c1-24-13-6-4-12(5-7-13)19-14-9-17-18(26-11-25-17)10-16(14)27-21(23)8-2-3-15(22)20(19)21/h4-7,9-10,19-20,23H,2-3,8,11H2,1H3/t19-,20-,21-/m1/s1. The molecule has 0 aromatic heterocycles. The number of hydrogen-bond acceptors (Lipinski definition) is 6. The van der Waals surface area contributed by atoms with Crippen LogP contribution in [0.4, 0.5) is 0 Å². The molecule has 27 heavy (non-hydrogen) atoms. The van der Waals surface area contributed by atoms with Gasteiger partial charge in [-0.25, -0.2) is 0 Å². The van der Waals surface area contributed by atoms with E-state index in [1.807, 2.05) is 30.3 Å². The lowest BCUT2D eigenvalue weighted by molar-refractivity contribution is -0.206. The van der Waals surface area contributed by atoms with E-state index in [4.69, 9.17) is 18.9 Å². The maximum absolute atomic E-state index is 12.9. The minimum atomic E-state index is -1.51. The molecule has 0 radical (unpaired) electrons. The molecule has 3 atom stereocenters. The van der Waals surface area contributed by atoms with Gasteiger partial charge in [-0.2, -0.15) is 0 Å². The first-order valence-corrected chi connectivity index (χ1v) is 9.11. The Labute approximate surface area is 156 Å². The zero-order valence-corrected chi connectivity index (χ0v) is 14.9. The van der Waals surface area contributed by atoms with Crippen LogP contribution in [0, 0.1) is 5.92 Å². The molecule has 1 aliphatic carbocycles. The molecule has 2 aromatic rings. The van der Waals surface area contributed by atoms with Gasteiger partial charge in [-0.3, -0.25) is 4.79 Å². The first-order valence-electron chi connectivity index (χ1n) is 9.11. The van der Waals surface area contributed by atoms with Crippen LogP contribution >= 0.6 is 0 Å². The van der Waals surface area contributed by atoms with Crippen molar-refractivity contribution in [3.63, 3.8) is 0 Å². The maximum Gasteiger partial charge on any atom is 0.231 e. The van der Waals surface area contributed by atoms with Crippen molar-refractivity contribution in [3.8, 4) is 23.0 Å². The first kappa shape index (κ1) is 16.4. The van der Waals surface area contributed by atoms with Crippen molar-refractivity contribution < 1.29 is 28.8 Å².